The highest BCUT2D eigenvalue weighted by Gasteiger charge is 2.10. The van der Waals surface area contributed by atoms with Gasteiger partial charge in [0.2, 0.25) is 0 Å². The standard InChI is InChI=1S/C15H14N2O4/c18-4-1-5-21-9-2-3-12-10(6-9)11-7-13(15(19)20)16-8-14(11)17-12/h2-3,6-8,17-18H,1,4-5H2,(H,19,20). The Balaban J connectivity index is 2.06. The van der Waals surface area contributed by atoms with E-state index in [1.807, 2.05) is 18.2 Å². The van der Waals surface area contributed by atoms with E-state index in [0.29, 0.717) is 18.8 Å². The van der Waals surface area contributed by atoms with Crippen LogP contribution >= 0.6 is 0 Å². The Morgan fingerprint density at radius 1 is 1.24 bits per heavy atom. The van der Waals surface area contributed by atoms with Crippen molar-refractivity contribution in [3.8, 4) is 5.75 Å². The highest BCUT2D eigenvalue weighted by atomic mass is 16.5. The van der Waals surface area contributed by atoms with Crippen molar-refractivity contribution in [2.24, 2.45) is 0 Å². The van der Waals surface area contributed by atoms with Gasteiger partial charge >= 0.3 is 5.97 Å². The zero-order valence-corrected chi connectivity index (χ0v) is 11.2. The Morgan fingerprint density at radius 2 is 2.05 bits per heavy atom. The topological polar surface area (TPSA) is 95.4 Å². The fourth-order valence-electron chi connectivity index (χ4n) is 2.24. The average Bonchev–Trinajstić information content (AvgIpc) is 2.84. The number of H-pyrrole nitrogens is 1. The Labute approximate surface area is 120 Å². The summed E-state index contributed by atoms with van der Waals surface area (Å²) in [5.74, 6) is -0.368. The number of aliphatic hydroxyl groups is 1. The number of benzene rings is 1. The zero-order valence-electron chi connectivity index (χ0n) is 11.2. The number of aromatic carboxylic acids is 1. The van der Waals surface area contributed by atoms with Gasteiger partial charge in [-0.2, -0.15) is 0 Å². The minimum Gasteiger partial charge on any atom is -0.493 e. The Bertz CT molecular complexity index is 810. The van der Waals surface area contributed by atoms with Gasteiger partial charge in [-0.1, -0.05) is 0 Å². The van der Waals surface area contributed by atoms with Crippen LogP contribution in [0.2, 0.25) is 0 Å². The molecular formula is C15H14N2O4. The van der Waals surface area contributed by atoms with Gasteiger partial charge in [0.15, 0.2) is 0 Å². The number of ether oxygens (including phenoxy) is 1. The van der Waals surface area contributed by atoms with Gasteiger partial charge in [0.25, 0.3) is 0 Å². The van der Waals surface area contributed by atoms with Crippen LogP contribution in [0.1, 0.15) is 16.9 Å². The summed E-state index contributed by atoms with van der Waals surface area (Å²) in [6.07, 6.45) is 2.09. The van der Waals surface area contributed by atoms with Gasteiger partial charge in [0, 0.05) is 29.3 Å². The van der Waals surface area contributed by atoms with Crippen LogP contribution in [-0.2, 0) is 0 Å². The molecule has 3 N–H and O–H groups in total. The SMILES string of the molecule is O=C(O)c1cc2c(cn1)[nH]c1ccc(OCCCO)cc12. The number of fused-ring (bicyclic) bond motifs is 3. The van der Waals surface area contributed by atoms with Gasteiger partial charge < -0.3 is 19.9 Å². The average molecular weight is 286 g/mol. The van der Waals surface area contributed by atoms with E-state index in [4.69, 9.17) is 14.9 Å². The van der Waals surface area contributed by atoms with Crippen molar-refractivity contribution in [3.05, 3.63) is 36.2 Å². The predicted molar refractivity (Wildman–Crippen MR) is 77.8 cm³/mol. The van der Waals surface area contributed by atoms with Crippen LogP contribution < -0.4 is 4.74 Å². The van der Waals surface area contributed by atoms with Gasteiger partial charge in [0.05, 0.1) is 18.3 Å². The van der Waals surface area contributed by atoms with E-state index in [-0.39, 0.29) is 12.3 Å². The second-order valence-electron chi connectivity index (χ2n) is 4.68. The number of carboxylic acids is 1. The lowest BCUT2D eigenvalue weighted by atomic mass is 10.1. The number of hydrogen-bond acceptors (Lipinski definition) is 4. The molecule has 21 heavy (non-hydrogen) atoms. The number of nitrogens with one attached hydrogen (secondary N) is 1. The van der Waals surface area contributed by atoms with E-state index in [9.17, 15) is 4.79 Å². The van der Waals surface area contributed by atoms with Crippen molar-refractivity contribution in [1.29, 1.82) is 0 Å². The van der Waals surface area contributed by atoms with Gasteiger partial charge in [-0.15, -0.1) is 0 Å². The van der Waals surface area contributed by atoms with E-state index >= 15 is 0 Å². The molecular weight excluding hydrogens is 272 g/mol. The summed E-state index contributed by atoms with van der Waals surface area (Å²) in [4.78, 5) is 18.1. The third kappa shape index (κ3) is 2.53. The van der Waals surface area contributed by atoms with Crippen LogP contribution in [0.4, 0.5) is 0 Å². The number of aromatic nitrogens is 2. The number of hydrogen-bond donors (Lipinski definition) is 3. The molecule has 3 rings (SSSR count). The highest BCUT2D eigenvalue weighted by Crippen LogP contribution is 2.28. The molecule has 0 fully saturated rings. The van der Waals surface area contributed by atoms with Crippen LogP contribution in [0.25, 0.3) is 21.8 Å². The monoisotopic (exact) mass is 286 g/mol. The number of nitrogens with zero attached hydrogens (tertiary/aromatic N) is 1. The molecule has 0 bridgehead atoms. The first-order chi connectivity index (χ1) is 10.2. The van der Waals surface area contributed by atoms with Crippen LogP contribution in [0.15, 0.2) is 30.5 Å². The molecule has 2 heterocycles. The molecule has 0 radical (unpaired) electrons. The van der Waals surface area contributed by atoms with Crippen molar-refractivity contribution in [2.45, 2.75) is 6.42 Å². The maximum Gasteiger partial charge on any atom is 0.354 e. The molecule has 0 saturated heterocycles. The summed E-state index contributed by atoms with van der Waals surface area (Å²) in [5, 5.41) is 19.5. The molecule has 0 aliphatic carbocycles. The molecule has 108 valence electrons. The van der Waals surface area contributed by atoms with Crippen molar-refractivity contribution < 1.29 is 19.7 Å². The van der Waals surface area contributed by atoms with Crippen LogP contribution in [0.5, 0.6) is 5.75 Å². The van der Waals surface area contributed by atoms with Gasteiger partial charge in [-0.25, -0.2) is 9.78 Å². The molecule has 0 aliphatic heterocycles. The lowest BCUT2D eigenvalue weighted by Gasteiger charge is -2.04. The summed E-state index contributed by atoms with van der Waals surface area (Å²) in [6.45, 7) is 0.523. The summed E-state index contributed by atoms with van der Waals surface area (Å²) in [6, 6.07) is 7.12. The Hall–Kier alpha value is -2.60. The first-order valence-corrected chi connectivity index (χ1v) is 6.57. The quantitative estimate of drug-likeness (QED) is 0.625. The molecule has 1 aromatic carbocycles. The van der Waals surface area contributed by atoms with Crippen molar-refractivity contribution in [3.63, 3.8) is 0 Å². The second kappa shape index (κ2) is 5.41. The van der Waals surface area contributed by atoms with Gasteiger partial charge in [-0.05, 0) is 24.3 Å². The first kappa shape index (κ1) is 13.4. The third-order valence-corrected chi connectivity index (χ3v) is 3.24. The van der Waals surface area contributed by atoms with Crippen molar-refractivity contribution in [1.82, 2.24) is 9.97 Å². The van der Waals surface area contributed by atoms with Crippen LogP contribution in [-0.4, -0.2) is 39.4 Å². The molecule has 2 aromatic heterocycles. The smallest absolute Gasteiger partial charge is 0.354 e. The normalized spacial score (nSPS) is 11.1. The molecule has 6 nitrogen and oxygen atoms in total. The van der Waals surface area contributed by atoms with Crippen LogP contribution in [0.3, 0.4) is 0 Å². The molecule has 0 saturated carbocycles. The van der Waals surface area contributed by atoms with E-state index in [1.54, 1.807) is 6.07 Å². The summed E-state index contributed by atoms with van der Waals surface area (Å²) in [5.41, 5.74) is 1.68. The minimum absolute atomic E-state index is 0.00926. The Morgan fingerprint density at radius 3 is 2.81 bits per heavy atom. The van der Waals surface area contributed by atoms with E-state index in [0.717, 1.165) is 21.8 Å². The molecule has 0 aliphatic rings. The minimum atomic E-state index is -1.05. The summed E-state index contributed by atoms with van der Waals surface area (Å²) < 4.78 is 5.54. The predicted octanol–water partition coefficient (Wildman–Crippen LogP) is 2.18. The molecule has 0 spiro atoms. The Kier molecular flexibility index (Phi) is 3.45. The van der Waals surface area contributed by atoms with E-state index in [2.05, 4.69) is 9.97 Å². The number of aliphatic hydroxyl groups excluding tert-OH is 1. The van der Waals surface area contributed by atoms with Crippen molar-refractivity contribution in [2.75, 3.05) is 13.2 Å². The molecule has 0 amide bonds. The number of aromatic amines is 1. The second-order valence-corrected chi connectivity index (χ2v) is 4.68. The number of rotatable bonds is 5. The first-order valence-electron chi connectivity index (χ1n) is 6.57. The summed E-state index contributed by atoms with van der Waals surface area (Å²) >= 11 is 0. The molecule has 6 heteroatoms. The zero-order chi connectivity index (χ0) is 14.8. The van der Waals surface area contributed by atoms with Gasteiger partial charge in [0.1, 0.15) is 11.4 Å². The maximum absolute atomic E-state index is 11.0. The third-order valence-electron chi connectivity index (χ3n) is 3.24. The van der Waals surface area contributed by atoms with E-state index in [1.165, 1.54) is 6.20 Å². The molecule has 0 unspecified atom stereocenters. The highest BCUT2D eigenvalue weighted by molar-refractivity contribution is 6.08. The van der Waals surface area contributed by atoms with Gasteiger partial charge in [-0.3, -0.25) is 0 Å². The molecule has 0 atom stereocenters. The van der Waals surface area contributed by atoms with Crippen molar-refractivity contribution >= 4 is 27.8 Å². The van der Waals surface area contributed by atoms with E-state index < -0.39 is 5.97 Å². The number of pyridine rings is 1. The number of carboxylic acid groups (broad SMARTS) is 1. The lowest BCUT2D eigenvalue weighted by Crippen LogP contribution is -1.99. The fraction of sp³-hybridized carbons (Fsp3) is 0.200. The fourth-order valence-corrected chi connectivity index (χ4v) is 2.24. The molecule has 3 aromatic rings. The van der Waals surface area contributed by atoms with Crippen LogP contribution in [0, 0.1) is 0 Å². The largest absolute Gasteiger partial charge is 0.493 e. The number of carbonyl (C=O) groups is 1. The maximum atomic E-state index is 11.0. The summed E-state index contributed by atoms with van der Waals surface area (Å²) in [7, 11) is 0. The lowest BCUT2D eigenvalue weighted by molar-refractivity contribution is 0.0690.